The third-order valence-corrected chi connectivity index (χ3v) is 5.20. The number of sulfone groups is 1. The molecule has 5 nitrogen and oxygen atoms in total. The monoisotopic (exact) mass is 298 g/mol. The van der Waals surface area contributed by atoms with Gasteiger partial charge in [0.25, 0.3) is 5.91 Å². The van der Waals surface area contributed by atoms with Crippen LogP contribution in [0.25, 0.3) is 0 Å². The Kier molecular flexibility index (Phi) is 4.94. The van der Waals surface area contributed by atoms with Crippen molar-refractivity contribution in [3.05, 3.63) is 29.8 Å². The molecule has 1 rings (SSSR count). The number of hydrogen-bond donors (Lipinski definition) is 2. The van der Waals surface area contributed by atoms with Gasteiger partial charge in [-0.15, -0.1) is 0 Å². The summed E-state index contributed by atoms with van der Waals surface area (Å²) in [6.45, 7) is 7.21. The molecule has 0 aliphatic heterocycles. The van der Waals surface area contributed by atoms with Crippen molar-refractivity contribution < 1.29 is 13.2 Å². The van der Waals surface area contributed by atoms with Crippen molar-refractivity contribution in [1.29, 1.82) is 0 Å². The summed E-state index contributed by atoms with van der Waals surface area (Å²) in [5.41, 5.74) is 5.46. The van der Waals surface area contributed by atoms with E-state index in [0.29, 0.717) is 12.1 Å². The molecule has 20 heavy (non-hydrogen) atoms. The average molecular weight is 298 g/mol. The van der Waals surface area contributed by atoms with E-state index in [0.717, 1.165) is 0 Å². The summed E-state index contributed by atoms with van der Waals surface area (Å²) in [6.07, 6.45) is 0. The second kappa shape index (κ2) is 5.93. The lowest BCUT2D eigenvalue weighted by molar-refractivity contribution is 0.0915. The maximum atomic E-state index is 12.0. The minimum atomic E-state index is -3.31. The molecule has 0 spiro atoms. The van der Waals surface area contributed by atoms with Crippen LogP contribution in [-0.4, -0.2) is 31.7 Å². The Morgan fingerprint density at radius 2 is 1.75 bits per heavy atom. The summed E-state index contributed by atoms with van der Waals surface area (Å²) in [5.74, 6) is -0.269. The molecule has 6 heteroatoms. The van der Waals surface area contributed by atoms with Crippen LogP contribution in [0.5, 0.6) is 0 Å². The highest BCUT2D eigenvalue weighted by atomic mass is 32.2. The third kappa shape index (κ3) is 3.80. The van der Waals surface area contributed by atoms with Crippen LogP contribution >= 0.6 is 0 Å². The predicted octanol–water partition coefficient (Wildman–Crippen LogP) is 1.34. The second-order valence-electron chi connectivity index (χ2n) is 5.66. The fourth-order valence-electron chi connectivity index (χ4n) is 1.50. The van der Waals surface area contributed by atoms with Crippen LogP contribution in [0, 0.1) is 0 Å². The standard InChI is InChI=1S/C14H22N2O3S/c1-10(2)20(18,19)12-7-5-11(6-8-12)13(17)16-14(3,4)9-15/h5-8,10H,9,15H2,1-4H3,(H,16,17). The second-order valence-corrected chi connectivity index (χ2v) is 8.16. The number of hydrogen-bond acceptors (Lipinski definition) is 4. The van der Waals surface area contributed by atoms with E-state index >= 15 is 0 Å². The van der Waals surface area contributed by atoms with E-state index < -0.39 is 20.6 Å². The van der Waals surface area contributed by atoms with Gasteiger partial charge in [-0.25, -0.2) is 8.42 Å². The fourth-order valence-corrected chi connectivity index (χ4v) is 2.56. The largest absolute Gasteiger partial charge is 0.346 e. The number of nitrogens with one attached hydrogen (secondary N) is 1. The normalized spacial score (nSPS) is 12.5. The zero-order valence-corrected chi connectivity index (χ0v) is 13.1. The molecule has 0 saturated heterocycles. The topological polar surface area (TPSA) is 89.3 Å². The Bertz CT molecular complexity index is 575. The maximum Gasteiger partial charge on any atom is 0.251 e. The lowest BCUT2D eigenvalue weighted by atomic mass is 10.1. The van der Waals surface area contributed by atoms with Gasteiger partial charge in [0.1, 0.15) is 0 Å². The number of rotatable bonds is 5. The first-order valence-electron chi connectivity index (χ1n) is 6.47. The van der Waals surface area contributed by atoms with E-state index in [1.54, 1.807) is 13.8 Å². The van der Waals surface area contributed by atoms with Crippen molar-refractivity contribution in [2.45, 2.75) is 43.4 Å². The van der Waals surface area contributed by atoms with Crippen LogP contribution in [0.2, 0.25) is 0 Å². The van der Waals surface area contributed by atoms with E-state index in [2.05, 4.69) is 5.32 Å². The van der Waals surface area contributed by atoms with Crippen molar-refractivity contribution in [2.24, 2.45) is 5.73 Å². The third-order valence-electron chi connectivity index (χ3n) is 3.03. The Labute approximate surface area is 120 Å². The summed E-state index contributed by atoms with van der Waals surface area (Å²) >= 11 is 0. The summed E-state index contributed by atoms with van der Waals surface area (Å²) in [4.78, 5) is 12.2. The van der Waals surface area contributed by atoms with E-state index in [-0.39, 0.29) is 10.8 Å². The summed E-state index contributed by atoms with van der Waals surface area (Å²) < 4.78 is 23.9. The van der Waals surface area contributed by atoms with Gasteiger partial charge in [-0.3, -0.25) is 4.79 Å². The quantitative estimate of drug-likeness (QED) is 0.858. The Morgan fingerprint density at radius 1 is 1.25 bits per heavy atom. The van der Waals surface area contributed by atoms with E-state index in [9.17, 15) is 13.2 Å². The highest BCUT2D eigenvalue weighted by Crippen LogP contribution is 2.16. The van der Waals surface area contributed by atoms with Crippen LogP contribution < -0.4 is 11.1 Å². The van der Waals surface area contributed by atoms with Crippen molar-refractivity contribution in [3.63, 3.8) is 0 Å². The molecule has 0 radical (unpaired) electrons. The molecule has 0 saturated carbocycles. The molecule has 1 aromatic carbocycles. The van der Waals surface area contributed by atoms with Crippen molar-refractivity contribution >= 4 is 15.7 Å². The molecule has 1 aromatic rings. The van der Waals surface area contributed by atoms with Crippen LogP contribution in [0.1, 0.15) is 38.1 Å². The first kappa shape index (κ1) is 16.7. The fraction of sp³-hybridized carbons (Fsp3) is 0.500. The molecule has 0 aliphatic rings. The molecule has 1 amide bonds. The molecule has 0 aromatic heterocycles. The van der Waals surface area contributed by atoms with Gasteiger partial charge in [0, 0.05) is 17.6 Å². The molecule has 0 unspecified atom stereocenters. The van der Waals surface area contributed by atoms with Crippen molar-refractivity contribution in [2.75, 3.05) is 6.54 Å². The van der Waals surface area contributed by atoms with Gasteiger partial charge in [-0.05, 0) is 52.0 Å². The van der Waals surface area contributed by atoms with Gasteiger partial charge < -0.3 is 11.1 Å². The zero-order valence-electron chi connectivity index (χ0n) is 12.3. The minimum absolute atomic E-state index is 0.224. The molecule has 3 N–H and O–H groups in total. The van der Waals surface area contributed by atoms with Crippen LogP contribution in [0.15, 0.2) is 29.2 Å². The van der Waals surface area contributed by atoms with Gasteiger partial charge in [0.05, 0.1) is 10.1 Å². The molecule has 0 aliphatic carbocycles. The van der Waals surface area contributed by atoms with E-state index in [4.69, 9.17) is 5.73 Å². The van der Waals surface area contributed by atoms with Gasteiger partial charge >= 0.3 is 0 Å². The molecule has 0 heterocycles. The summed E-state index contributed by atoms with van der Waals surface area (Å²) in [7, 11) is -3.31. The van der Waals surface area contributed by atoms with E-state index in [1.807, 2.05) is 13.8 Å². The molecule has 0 fully saturated rings. The van der Waals surface area contributed by atoms with Crippen LogP contribution in [0.3, 0.4) is 0 Å². The molecule has 0 bridgehead atoms. The first-order chi connectivity index (χ1) is 9.10. The average Bonchev–Trinajstić information content (AvgIpc) is 2.38. The SMILES string of the molecule is CC(C)S(=O)(=O)c1ccc(C(=O)NC(C)(C)CN)cc1. The Balaban J connectivity index is 2.96. The lowest BCUT2D eigenvalue weighted by Gasteiger charge is -2.24. The molecule has 112 valence electrons. The van der Waals surface area contributed by atoms with Gasteiger partial charge in [-0.2, -0.15) is 0 Å². The summed E-state index contributed by atoms with van der Waals surface area (Å²) in [6, 6.07) is 5.94. The number of benzene rings is 1. The molecule has 0 atom stereocenters. The van der Waals surface area contributed by atoms with Crippen LogP contribution in [-0.2, 0) is 9.84 Å². The maximum absolute atomic E-state index is 12.0. The van der Waals surface area contributed by atoms with Crippen LogP contribution in [0.4, 0.5) is 0 Å². The summed E-state index contributed by atoms with van der Waals surface area (Å²) in [5, 5.41) is 2.30. The van der Waals surface area contributed by atoms with Crippen molar-refractivity contribution in [1.82, 2.24) is 5.32 Å². The smallest absolute Gasteiger partial charge is 0.251 e. The molecular formula is C14H22N2O3S. The number of carbonyl (C=O) groups is 1. The Morgan fingerprint density at radius 3 is 2.15 bits per heavy atom. The van der Waals surface area contributed by atoms with E-state index in [1.165, 1.54) is 24.3 Å². The lowest BCUT2D eigenvalue weighted by Crippen LogP contribution is -2.48. The predicted molar refractivity (Wildman–Crippen MR) is 79.4 cm³/mol. The minimum Gasteiger partial charge on any atom is -0.346 e. The highest BCUT2D eigenvalue weighted by Gasteiger charge is 2.21. The van der Waals surface area contributed by atoms with Gasteiger partial charge in [0.15, 0.2) is 9.84 Å². The highest BCUT2D eigenvalue weighted by molar-refractivity contribution is 7.92. The van der Waals surface area contributed by atoms with Gasteiger partial charge in [-0.1, -0.05) is 0 Å². The van der Waals surface area contributed by atoms with Gasteiger partial charge in [0.2, 0.25) is 0 Å². The molecular weight excluding hydrogens is 276 g/mol. The number of amides is 1. The zero-order chi connectivity index (χ0) is 15.6. The number of nitrogens with two attached hydrogens (primary N) is 1. The number of carbonyl (C=O) groups excluding carboxylic acids is 1. The Hall–Kier alpha value is -1.40. The first-order valence-corrected chi connectivity index (χ1v) is 8.01. The van der Waals surface area contributed by atoms with Crippen molar-refractivity contribution in [3.8, 4) is 0 Å².